The highest BCUT2D eigenvalue weighted by molar-refractivity contribution is 7.93. The molecule has 9 nitrogen and oxygen atoms in total. The van der Waals surface area contributed by atoms with Gasteiger partial charge in [-0.3, -0.25) is 24.1 Å². The highest BCUT2D eigenvalue weighted by atomic mass is 32.2. The Morgan fingerprint density at radius 2 is 1.46 bits per heavy atom. The maximum absolute atomic E-state index is 13.8. The summed E-state index contributed by atoms with van der Waals surface area (Å²) in [7, 11) is -4.33. The fraction of sp³-hybridized carbons (Fsp3) is 0.280. The molecular weight excluding hydrogens is 536 g/mol. The number of sulfone groups is 1. The molecule has 37 heavy (non-hydrogen) atoms. The van der Waals surface area contributed by atoms with Gasteiger partial charge in [0.05, 0.1) is 39.7 Å². The van der Waals surface area contributed by atoms with E-state index in [9.17, 15) is 27.6 Å². The number of amides is 4. The van der Waals surface area contributed by atoms with Crippen molar-refractivity contribution < 1.29 is 32.3 Å². The third-order valence-corrected chi connectivity index (χ3v) is 11.4. The van der Waals surface area contributed by atoms with Crippen LogP contribution in [0.4, 0.5) is 5.69 Å². The summed E-state index contributed by atoms with van der Waals surface area (Å²) < 4.78 is 32.9. The van der Waals surface area contributed by atoms with Gasteiger partial charge in [-0.05, 0) is 31.4 Å². The van der Waals surface area contributed by atoms with Gasteiger partial charge in [0, 0.05) is 6.61 Å². The zero-order valence-electron chi connectivity index (χ0n) is 20.0. The van der Waals surface area contributed by atoms with Crippen molar-refractivity contribution in [2.75, 3.05) is 24.7 Å². The van der Waals surface area contributed by atoms with Crippen molar-refractivity contribution in [1.82, 2.24) is 4.90 Å². The zero-order chi connectivity index (χ0) is 26.4. The highest BCUT2D eigenvalue weighted by Crippen LogP contribution is 2.58. The number of aryl methyl sites for hydroxylation is 2. The van der Waals surface area contributed by atoms with Crippen molar-refractivity contribution in [3.63, 3.8) is 0 Å². The Morgan fingerprint density at radius 1 is 0.838 bits per heavy atom. The van der Waals surface area contributed by atoms with E-state index >= 15 is 0 Å². The lowest BCUT2D eigenvalue weighted by molar-refractivity contribution is 0.0574. The van der Waals surface area contributed by atoms with Crippen LogP contribution in [0, 0.1) is 6.92 Å². The number of carbonyl (C=O) groups is 4. The predicted molar refractivity (Wildman–Crippen MR) is 137 cm³/mol. The van der Waals surface area contributed by atoms with E-state index in [2.05, 4.69) is 0 Å². The fourth-order valence-electron chi connectivity index (χ4n) is 5.12. The molecule has 4 amide bonds. The summed E-state index contributed by atoms with van der Waals surface area (Å²) in [5.41, 5.74) is 1.68. The molecule has 1 aromatic carbocycles. The molecule has 0 N–H and O–H groups in total. The summed E-state index contributed by atoms with van der Waals surface area (Å²) in [6.45, 7) is 6.06. The molecule has 5 heterocycles. The van der Waals surface area contributed by atoms with E-state index in [-0.39, 0.29) is 53.6 Å². The van der Waals surface area contributed by atoms with Crippen molar-refractivity contribution in [3.05, 3.63) is 50.2 Å². The first-order valence-electron chi connectivity index (χ1n) is 11.6. The third-order valence-electron chi connectivity index (χ3n) is 6.77. The van der Waals surface area contributed by atoms with Gasteiger partial charge in [0.25, 0.3) is 23.6 Å². The van der Waals surface area contributed by atoms with Crippen molar-refractivity contribution >= 4 is 61.8 Å². The minimum Gasteiger partial charge on any atom is -0.380 e. The van der Waals surface area contributed by atoms with Gasteiger partial charge in [0.2, 0.25) is 9.84 Å². The van der Waals surface area contributed by atoms with Gasteiger partial charge in [-0.15, -0.1) is 22.7 Å². The molecule has 12 heteroatoms. The molecule has 0 radical (unpaired) electrons. The molecule has 0 saturated carbocycles. The largest absolute Gasteiger partial charge is 0.380 e. The Hall–Kier alpha value is -3.19. The van der Waals surface area contributed by atoms with Crippen molar-refractivity contribution in [2.45, 2.75) is 37.0 Å². The lowest BCUT2D eigenvalue weighted by Crippen LogP contribution is -2.33. The molecular formula is C25H20N2O7S3. The van der Waals surface area contributed by atoms with Crippen LogP contribution < -0.4 is 4.90 Å². The van der Waals surface area contributed by atoms with E-state index in [1.165, 1.54) is 0 Å². The number of fused-ring (bicyclic) bond motifs is 7. The Balaban J connectivity index is 1.47. The Labute approximate surface area is 220 Å². The predicted octanol–water partition coefficient (Wildman–Crippen LogP) is 3.93. The van der Waals surface area contributed by atoms with E-state index < -0.39 is 33.5 Å². The average Bonchev–Trinajstić information content (AvgIpc) is 3.60. The van der Waals surface area contributed by atoms with Crippen LogP contribution in [0.3, 0.4) is 0 Å². The van der Waals surface area contributed by atoms with Crippen LogP contribution in [-0.4, -0.2) is 56.7 Å². The first-order valence-corrected chi connectivity index (χ1v) is 14.8. The van der Waals surface area contributed by atoms with Gasteiger partial charge in [-0.25, -0.2) is 13.3 Å². The summed E-state index contributed by atoms with van der Waals surface area (Å²) >= 11 is 1.84. The molecule has 0 aliphatic carbocycles. The summed E-state index contributed by atoms with van der Waals surface area (Å²) in [4.78, 5) is 55.4. The van der Waals surface area contributed by atoms with Gasteiger partial charge >= 0.3 is 0 Å². The number of thiophene rings is 2. The van der Waals surface area contributed by atoms with Crippen LogP contribution in [0.5, 0.6) is 0 Å². The Morgan fingerprint density at radius 3 is 2.08 bits per heavy atom. The second-order valence-corrected chi connectivity index (χ2v) is 12.6. The SMILES string of the molecule is CCOCCN1C(=O)c2sc3c(c2C1=O)S(=O)(=O)c1c-3sc2c1C(=O)N(c1c(C)cccc1CC)C2=O. The number of para-hydroxylation sites is 1. The molecule has 3 aromatic rings. The number of rotatable bonds is 6. The van der Waals surface area contributed by atoms with E-state index in [0.29, 0.717) is 18.7 Å². The van der Waals surface area contributed by atoms with Gasteiger partial charge in [0.1, 0.15) is 19.5 Å². The first kappa shape index (κ1) is 24.2. The Kier molecular flexibility index (Phi) is 5.33. The molecule has 0 fully saturated rings. The standard InChI is InChI=1S/C25H20N2O7S3/c1-4-12-8-6-7-11(3)15(12)27-23(29)14-17(25(27)31)36-19-18-20(37(32,33)21(14)19)13-16(35-18)24(30)26(22(13)28)9-10-34-5-2/h6-8H,4-5,9-10H2,1-3H3. The minimum absolute atomic E-state index is 0.0110. The summed E-state index contributed by atoms with van der Waals surface area (Å²) in [5.74, 6) is -2.52. The molecule has 0 spiro atoms. The van der Waals surface area contributed by atoms with Crippen LogP contribution in [0.1, 0.15) is 65.0 Å². The number of anilines is 1. The molecule has 0 atom stereocenters. The zero-order valence-corrected chi connectivity index (χ0v) is 22.5. The second-order valence-electron chi connectivity index (χ2n) is 8.77. The lowest BCUT2D eigenvalue weighted by Gasteiger charge is -2.20. The van der Waals surface area contributed by atoms with E-state index in [4.69, 9.17) is 4.74 Å². The molecule has 6 rings (SSSR count). The van der Waals surface area contributed by atoms with Crippen molar-refractivity contribution in [1.29, 1.82) is 0 Å². The molecule has 190 valence electrons. The fourth-order valence-corrected chi connectivity index (χ4v) is 10.5. The lowest BCUT2D eigenvalue weighted by atomic mass is 10.0. The number of nitrogens with zero attached hydrogens (tertiary/aromatic N) is 2. The Bertz CT molecular complexity index is 1700. The minimum atomic E-state index is -4.33. The van der Waals surface area contributed by atoms with Crippen LogP contribution in [0.15, 0.2) is 28.0 Å². The maximum atomic E-state index is 13.8. The van der Waals surface area contributed by atoms with E-state index in [0.717, 1.165) is 43.6 Å². The van der Waals surface area contributed by atoms with Crippen LogP contribution in [0.25, 0.3) is 9.75 Å². The van der Waals surface area contributed by atoms with Gasteiger partial charge in [-0.2, -0.15) is 0 Å². The van der Waals surface area contributed by atoms with Crippen LogP contribution in [-0.2, 0) is 21.0 Å². The van der Waals surface area contributed by atoms with Gasteiger partial charge in [0.15, 0.2) is 0 Å². The summed E-state index contributed by atoms with van der Waals surface area (Å²) in [6.07, 6.45) is 0.581. The van der Waals surface area contributed by atoms with Crippen LogP contribution >= 0.6 is 22.7 Å². The number of hydrogen-bond donors (Lipinski definition) is 0. The quantitative estimate of drug-likeness (QED) is 0.261. The molecule has 0 unspecified atom stereocenters. The van der Waals surface area contributed by atoms with Crippen LogP contribution in [0.2, 0.25) is 0 Å². The molecule has 3 aliphatic heterocycles. The van der Waals surface area contributed by atoms with E-state index in [1.54, 1.807) is 19.9 Å². The average molecular weight is 557 g/mol. The third kappa shape index (κ3) is 3.00. The smallest absolute Gasteiger partial charge is 0.276 e. The molecule has 2 aromatic heterocycles. The van der Waals surface area contributed by atoms with Crippen molar-refractivity contribution in [2.24, 2.45) is 0 Å². The summed E-state index contributed by atoms with van der Waals surface area (Å²) in [5, 5.41) is 0. The number of hydrogen-bond acceptors (Lipinski definition) is 9. The number of carbonyl (C=O) groups excluding carboxylic acids is 4. The highest BCUT2D eigenvalue weighted by Gasteiger charge is 2.54. The molecule has 0 bridgehead atoms. The number of ether oxygens (including phenoxy) is 1. The number of imide groups is 2. The topological polar surface area (TPSA) is 118 Å². The monoisotopic (exact) mass is 556 g/mol. The van der Waals surface area contributed by atoms with Gasteiger partial charge in [-0.1, -0.05) is 25.1 Å². The summed E-state index contributed by atoms with van der Waals surface area (Å²) in [6, 6.07) is 5.47. The van der Waals surface area contributed by atoms with Gasteiger partial charge < -0.3 is 4.74 Å². The first-order chi connectivity index (χ1) is 17.6. The molecule has 0 saturated heterocycles. The molecule has 3 aliphatic rings. The number of benzene rings is 1. The maximum Gasteiger partial charge on any atom is 0.276 e. The second kappa shape index (κ2) is 8.15. The normalized spacial score (nSPS) is 17.1. The van der Waals surface area contributed by atoms with Crippen molar-refractivity contribution in [3.8, 4) is 9.75 Å². The van der Waals surface area contributed by atoms with E-state index in [1.807, 2.05) is 19.1 Å².